The van der Waals surface area contributed by atoms with Crippen LogP contribution in [0.15, 0.2) is 65.5 Å². The third-order valence-electron chi connectivity index (χ3n) is 11.1. The van der Waals surface area contributed by atoms with Gasteiger partial charge in [0.15, 0.2) is 17.2 Å². The van der Waals surface area contributed by atoms with Crippen molar-refractivity contribution in [2.45, 2.75) is 43.4 Å². The Labute approximate surface area is 365 Å². The van der Waals surface area contributed by atoms with E-state index in [9.17, 15) is 35.2 Å². The minimum atomic E-state index is -5.15. The number of carbonyl (C=O) groups is 1. The number of alkyl halides is 5. The van der Waals surface area contributed by atoms with Gasteiger partial charge in [-0.3, -0.25) is 28.2 Å². The Morgan fingerprint density at radius 3 is 2.38 bits per heavy atom. The number of methoxy groups -OCH3 is 1. The highest BCUT2D eigenvalue weighted by atomic mass is 35.5. The van der Waals surface area contributed by atoms with Gasteiger partial charge in [0.25, 0.3) is 11.5 Å². The SMILES string of the molecule is COc1nc2nc([C@H](Cc3cc(F)cc(F)c3)NC(=O)Cn3nc(C(F)(F)F)c4c3C(F)(F)C3CC43)n(-c3ccc(Cl)c4c(NS(C)(=O)=O)nn(C)c34)c(=O)c2cc1-c1ccccc1F. The number of aryl methyl sites for hydroxylation is 1. The van der Waals surface area contributed by atoms with Gasteiger partial charge in [-0.25, -0.2) is 26.6 Å². The largest absolute Gasteiger partial charge is 0.480 e. The molecule has 3 aromatic carbocycles. The van der Waals surface area contributed by atoms with Gasteiger partial charge in [-0.05, 0) is 54.3 Å². The number of anilines is 1. The van der Waals surface area contributed by atoms with Crippen LogP contribution in [0.2, 0.25) is 5.02 Å². The Morgan fingerprint density at radius 2 is 1.72 bits per heavy atom. The molecule has 4 heterocycles. The standard InChI is InChI=1S/C41H30ClF8N9O5S/c1-57-32-28(9-8-25(42)31(32)36(55-57)56-65(3,62)63)59-37(52-35-23(39(59)61)14-21(38(53-35)64-2)20-6-4-5-7-26(20)45)27(12-17-10-18(43)13-19(44)11-17)51-29(60)16-58-34-30(33(54-58)41(48,49)50)22-15-24(22)40(34,46)47/h4-11,13-14,22,24,27H,12,15-16H2,1-3H3,(H,51,60)(H,55,56)/t22?,24?,27-/m0/s1. The van der Waals surface area contributed by atoms with Crippen LogP contribution >= 0.6 is 11.6 Å². The lowest BCUT2D eigenvalue weighted by atomic mass is 10.0. The van der Waals surface area contributed by atoms with Crippen molar-refractivity contribution in [3.05, 3.63) is 122 Å². The van der Waals surface area contributed by atoms with E-state index in [1.165, 1.54) is 50.6 Å². The predicted molar refractivity (Wildman–Crippen MR) is 218 cm³/mol. The van der Waals surface area contributed by atoms with Crippen LogP contribution in [0.4, 0.5) is 40.9 Å². The molecule has 2 aliphatic rings. The fourth-order valence-corrected chi connectivity index (χ4v) is 9.27. The van der Waals surface area contributed by atoms with Crippen molar-refractivity contribution in [1.82, 2.24) is 39.4 Å². The molecule has 65 heavy (non-hydrogen) atoms. The Kier molecular flexibility index (Phi) is 10.2. The summed E-state index contributed by atoms with van der Waals surface area (Å²) < 4.78 is 153. The zero-order valence-corrected chi connectivity index (χ0v) is 35.2. The number of hydrogen-bond donors (Lipinski definition) is 2. The molecule has 4 aromatic heterocycles. The first-order valence-corrected chi connectivity index (χ1v) is 21.5. The number of benzene rings is 3. The van der Waals surface area contributed by atoms with E-state index in [0.29, 0.717) is 6.07 Å². The van der Waals surface area contributed by atoms with Crippen LogP contribution < -0.4 is 20.3 Å². The highest BCUT2D eigenvalue weighted by Gasteiger charge is 2.68. The number of carbonyl (C=O) groups excluding carboxylic acids is 1. The molecule has 7 aromatic rings. The van der Waals surface area contributed by atoms with E-state index in [1.54, 1.807) is 0 Å². The second-order valence-electron chi connectivity index (χ2n) is 15.6. The number of ether oxygens (including phenoxy) is 1. The number of rotatable bonds is 11. The van der Waals surface area contributed by atoms with Gasteiger partial charge in [-0.1, -0.05) is 29.8 Å². The van der Waals surface area contributed by atoms with E-state index >= 15 is 18.0 Å². The van der Waals surface area contributed by atoms with Crippen LogP contribution in [-0.2, 0) is 46.9 Å². The molecule has 0 saturated heterocycles. The molecule has 0 bridgehead atoms. The van der Waals surface area contributed by atoms with Crippen molar-refractivity contribution < 1.29 is 53.1 Å². The number of aromatic nitrogens is 7. The lowest BCUT2D eigenvalue weighted by Crippen LogP contribution is -2.38. The third-order valence-corrected chi connectivity index (χ3v) is 12.0. The average Bonchev–Trinajstić information content (AvgIpc) is 3.75. The fourth-order valence-electron chi connectivity index (χ4n) is 8.53. The highest BCUT2D eigenvalue weighted by molar-refractivity contribution is 7.92. The molecular formula is C41H30ClF8N9O5S. The number of nitrogens with one attached hydrogen (secondary N) is 2. The summed E-state index contributed by atoms with van der Waals surface area (Å²) in [5.41, 5.74) is -5.06. The molecule has 1 amide bonds. The first-order valence-electron chi connectivity index (χ1n) is 19.3. The van der Waals surface area contributed by atoms with Crippen molar-refractivity contribution in [3.63, 3.8) is 0 Å². The zero-order chi connectivity index (χ0) is 46.7. The van der Waals surface area contributed by atoms with Crippen LogP contribution in [0.5, 0.6) is 5.88 Å². The Morgan fingerprint density at radius 1 is 1.02 bits per heavy atom. The van der Waals surface area contributed by atoms with Crippen molar-refractivity contribution in [2.24, 2.45) is 13.0 Å². The number of pyridine rings is 1. The monoisotopic (exact) mass is 947 g/mol. The smallest absolute Gasteiger partial charge is 0.435 e. The molecule has 24 heteroatoms. The van der Waals surface area contributed by atoms with Gasteiger partial charge in [0.2, 0.25) is 21.8 Å². The molecule has 0 spiro atoms. The maximum Gasteiger partial charge on any atom is 0.435 e. The number of nitrogens with zero attached hydrogens (tertiary/aromatic N) is 7. The first-order chi connectivity index (χ1) is 30.5. The van der Waals surface area contributed by atoms with Crippen molar-refractivity contribution in [2.75, 3.05) is 18.1 Å². The molecule has 0 aliphatic heterocycles. The molecule has 9 rings (SSSR count). The lowest BCUT2D eigenvalue weighted by molar-refractivity contribution is -0.142. The van der Waals surface area contributed by atoms with Crippen LogP contribution in [0.25, 0.3) is 38.8 Å². The van der Waals surface area contributed by atoms with Crippen LogP contribution in [0.1, 0.15) is 46.7 Å². The van der Waals surface area contributed by atoms with E-state index in [-0.39, 0.29) is 72.1 Å². The van der Waals surface area contributed by atoms with Gasteiger partial charge >= 0.3 is 6.18 Å². The molecule has 0 radical (unpaired) electrons. The summed E-state index contributed by atoms with van der Waals surface area (Å²) >= 11 is 6.61. The number of amides is 1. The quantitative estimate of drug-likeness (QED) is 0.126. The third kappa shape index (κ3) is 7.58. The van der Waals surface area contributed by atoms with Gasteiger partial charge in [0.05, 0.1) is 46.4 Å². The van der Waals surface area contributed by atoms with Gasteiger partial charge in [-0.15, -0.1) is 0 Å². The fraction of sp³-hybridized carbons (Fsp3) is 0.268. The van der Waals surface area contributed by atoms with E-state index in [4.69, 9.17) is 16.3 Å². The van der Waals surface area contributed by atoms with Crippen LogP contribution in [-0.4, -0.2) is 61.8 Å². The Balaban J connectivity index is 1.29. The number of halogens is 9. The molecule has 2 N–H and O–H groups in total. The number of hydrogen-bond acceptors (Lipinski definition) is 9. The summed E-state index contributed by atoms with van der Waals surface area (Å²) in [6.07, 6.45) is -5.12. The minimum absolute atomic E-state index is 0.00256. The summed E-state index contributed by atoms with van der Waals surface area (Å²) in [7, 11) is -1.40. The van der Waals surface area contributed by atoms with Gasteiger partial charge in [-0.2, -0.15) is 37.1 Å². The van der Waals surface area contributed by atoms with Crippen molar-refractivity contribution >= 4 is 55.3 Å². The van der Waals surface area contributed by atoms with Crippen molar-refractivity contribution in [3.8, 4) is 22.7 Å². The van der Waals surface area contributed by atoms with Gasteiger partial charge < -0.3 is 10.1 Å². The molecule has 3 atom stereocenters. The first kappa shape index (κ1) is 43.6. The molecule has 338 valence electrons. The summed E-state index contributed by atoms with van der Waals surface area (Å²) in [4.78, 5) is 38.4. The summed E-state index contributed by atoms with van der Waals surface area (Å²) in [6.45, 7) is -1.22. The molecule has 1 saturated carbocycles. The second kappa shape index (κ2) is 15.2. The van der Waals surface area contributed by atoms with Gasteiger partial charge in [0.1, 0.15) is 35.5 Å². The van der Waals surface area contributed by atoms with E-state index in [2.05, 4.69) is 30.2 Å². The van der Waals surface area contributed by atoms with Crippen LogP contribution in [0.3, 0.4) is 0 Å². The molecule has 2 unspecified atom stereocenters. The maximum atomic E-state index is 15.5. The average molecular weight is 948 g/mol. The highest BCUT2D eigenvalue weighted by Crippen LogP contribution is 2.68. The molecule has 2 aliphatic carbocycles. The van der Waals surface area contributed by atoms with E-state index in [1.807, 2.05) is 0 Å². The summed E-state index contributed by atoms with van der Waals surface area (Å²) in [5, 5.41) is 9.80. The Bertz CT molecular complexity index is 3320. The van der Waals surface area contributed by atoms with Gasteiger partial charge in [0, 0.05) is 42.1 Å². The van der Waals surface area contributed by atoms with E-state index in [0.717, 1.165) is 33.7 Å². The second-order valence-corrected chi connectivity index (χ2v) is 17.7. The molecule has 1 fully saturated rings. The molecule has 14 nitrogen and oxygen atoms in total. The van der Waals surface area contributed by atoms with E-state index < -0.39 is 105 Å². The van der Waals surface area contributed by atoms with Crippen molar-refractivity contribution in [1.29, 1.82) is 0 Å². The lowest BCUT2D eigenvalue weighted by Gasteiger charge is -2.24. The summed E-state index contributed by atoms with van der Waals surface area (Å²) in [5.74, 6) is -11.4. The topological polar surface area (TPSA) is 168 Å². The normalized spacial score (nSPS) is 17.0. The molecular weight excluding hydrogens is 918 g/mol. The predicted octanol–water partition coefficient (Wildman–Crippen LogP) is 7.31. The minimum Gasteiger partial charge on any atom is -0.480 e. The zero-order valence-electron chi connectivity index (χ0n) is 33.6. The number of fused-ring (bicyclic) bond motifs is 5. The van der Waals surface area contributed by atoms with Crippen LogP contribution in [0, 0.1) is 23.4 Å². The Hall–Kier alpha value is -6.62. The maximum absolute atomic E-state index is 15.5. The number of sulfonamides is 1. The summed E-state index contributed by atoms with van der Waals surface area (Å²) in [6, 6.07) is 9.94.